The van der Waals surface area contributed by atoms with E-state index in [0.29, 0.717) is 32.5 Å². The predicted molar refractivity (Wildman–Crippen MR) is 57.4 cm³/mol. The highest BCUT2D eigenvalue weighted by atomic mass is 16.5. The highest BCUT2D eigenvalue weighted by Gasteiger charge is 2.40. The van der Waals surface area contributed by atoms with E-state index in [-0.39, 0.29) is 18.6 Å². The first-order valence-electron chi connectivity index (χ1n) is 5.55. The summed E-state index contributed by atoms with van der Waals surface area (Å²) in [5.41, 5.74) is -0.942. The summed E-state index contributed by atoms with van der Waals surface area (Å²) < 4.78 is 5.16. The summed E-state index contributed by atoms with van der Waals surface area (Å²) in [4.78, 5) is 12.0. The smallest absolute Gasteiger partial charge is 0.240 e. The van der Waals surface area contributed by atoms with Gasteiger partial charge in [0.25, 0.3) is 0 Å². The fraction of sp³-hybridized carbons (Fsp3) is 0.818. The first-order valence-corrected chi connectivity index (χ1v) is 5.55. The van der Waals surface area contributed by atoms with Gasteiger partial charge in [0.05, 0.1) is 6.07 Å². The average molecular weight is 226 g/mol. The van der Waals surface area contributed by atoms with Crippen molar-refractivity contribution in [3.63, 3.8) is 0 Å². The van der Waals surface area contributed by atoms with Crippen molar-refractivity contribution >= 4 is 5.91 Å². The maximum atomic E-state index is 12.0. The predicted octanol–water partition coefficient (Wildman–Crippen LogP) is 0.194. The van der Waals surface area contributed by atoms with Crippen LogP contribution >= 0.6 is 0 Å². The third kappa shape index (κ3) is 2.94. The summed E-state index contributed by atoms with van der Waals surface area (Å²) in [7, 11) is 0. The van der Waals surface area contributed by atoms with Crippen LogP contribution in [0.2, 0.25) is 0 Å². The molecule has 5 nitrogen and oxygen atoms in total. The van der Waals surface area contributed by atoms with Crippen molar-refractivity contribution in [3.05, 3.63) is 0 Å². The second-order valence-electron chi connectivity index (χ2n) is 4.19. The van der Waals surface area contributed by atoms with Gasteiger partial charge in [0.2, 0.25) is 5.91 Å². The second kappa shape index (κ2) is 5.83. The van der Waals surface area contributed by atoms with Crippen molar-refractivity contribution in [1.82, 2.24) is 5.32 Å². The second-order valence-corrected chi connectivity index (χ2v) is 4.19. The van der Waals surface area contributed by atoms with Gasteiger partial charge >= 0.3 is 0 Å². The molecule has 1 amide bonds. The zero-order chi connectivity index (χ0) is 12.0. The van der Waals surface area contributed by atoms with Crippen molar-refractivity contribution < 1.29 is 14.6 Å². The van der Waals surface area contributed by atoms with Gasteiger partial charge in [-0.15, -0.1) is 0 Å². The van der Waals surface area contributed by atoms with E-state index >= 15 is 0 Å². The van der Waals surface area contributed by atoms with Gasteiger partial charge in [-0.3, -0.25) is 4.79 Å². The zero-order valence-electron chi connectivity index (χ0n) is 9.53. The lowest BCUT2D eigenvalue weighted by molar-refractivity contribution is -0.133. The monoisotopic (exact) mass is 226 g/mol. The van der Waals surface area contributed by atoms with Crippen LogP contribution in [0, 0.1) is 16.7 Å². The number of nitrogens with zero attached hydrogens (tertiary/aromatic N) is 1. The highest BCUT2D eigenvalue weighted by molar-refractivity contribution is 5.85. The van der Waals surface area contributed by atoms with Crippen molar-refractivity contribution in [2.75, 3.05) is 19.8 Å². The highest BCUT2D eigenvalue weighted by Crippen LogP contribution is 2.29. The summed E-state index contributed by atoms with van der Waals surface area (Å²) in [6.45, 7) is 2.76. The van der Waals surface area contributed by atoms with Crippen molar-refractivity contribution in [2.24, 2.45) is 5.41 Å². The normalized spacial score (nSPS) is 20.8. The Morgan fingerprint density at radius 1 is 1.62 bits per heavy atom. The molecule has 1 rings (SSSR count). The molecule has 90 valence electrons. The van der Waals surface area contributed by atoms with Crippen LogP contribution in [0.5, 0.6) is 0 Å². The van der Waals surface area contributed by atoms with E-state index in [9.17, 15) is 4.79 Å². The number of carbonyl (C=O) groups is 1. The molecule has 1 fully saturated rings. The Labute approximate surface area is 95.4 Å². The number of carbonyl (C=O) groups excluding carboxylic acids is 1. The van der Waals surface area contributed by atoms with Gasteiger partial charge < -0.3 is 15.2 Å². The standard InChI is InChI=1S/C11H18N2O3/c1-9(2-5-14)13-10(15)11(8-12)3-6-16-7-4-11/h9,14H,2-7H2,1H3,(H,13,15). The van der Waals surface area contributed by atoms with Crippen LogP contribution in [0.15, 0.2) is 0 Å². The molecule has 0 aromatic rings. The van der Waals surface area contributed by atoms with Gasteiger partial charge in [0.1, 0.15) is 5.41 Å². The van der Waals surface area contributed by atoms with Crippen LogP contribution in [0.25, 0.3) is 0 Å². The Bertz CT molecular complexity index is 279. The molecule has 5 heteroatoms. The number of amides is 1. The van der Waals surface area contributed by atoms with Crippen molar-refractivity contribution in [2.45, 2.75) is 32.2 Å². The van der Waals surface area contributed by atoms with E-state index in [4.69, 9.17) is 15.1 Å². The lowest BCUT2D eigenvalue weighted by atomic mass is 9.80. The molecule has 0 bridgehead atoms. The van der Waals surface area contributed by atoms with E-state index in [1.807, 2.05) is 6.92 Å². The number of nitriles is 1. The number of hydrogen-bond donors (Lipinski definition) is 2. The molecule has 0 spiro atoms. The number of rotatable bonds is 4. The van der Waals surface area contributed by atoms with Crippen LogP contribution in [-0.4, -0.2) is 36.9 Å². The van der Waals surface area contributed by atoms with Crippen LogP contribution in [0.1, 0.15) is 26.2 Å². The summed E-state index contributed by atoms with van der Waals surface area (Å²) >= 11 is 0. The molecule has 2 N–H and O–H groups in total. The summed E-state index contributed by atoms with van der Waals surface area (Å²) in [5, 5.41) is 20.6. The minimum atomic E-state index is -0.942. The Balaban J connectivity index is 2.59. The van der Waals surface area contributed by atoms with Gasteiger partial charge in [0, 0.05) is 25.9 Å². The largest absolute Gasteiger partial charge is 0.396 e. The molecule has 0 aliphatic carbocycles. The quantitative estimate of drug-likeness (QED) is 0.717. The van der Waals surface area contributed by atoms with Crippen LogP contribution in [-0.2, 0) is 9.53 Å². The fourth-order valence-electron chi connectivity index (χ4n) is 1.74. The Morgan fingerprint density at radius 3 is 2.75 bits per heavy atom. The first kappa shape index (κ1) is 12.9. The van der Waals surface area contributed by atoms with Gasteiger partial charge in [-0.05, 0) is 26.2 Å². The molecule has 1 aliphatic heterocycles. The van der Waals surface area contributed by atoms with Crippen LogP contribution in [0.3, 0.4) is 0 Å². The molecular formula is C11H18N2O3. The van der Waals surface area contributed by atoms with Crippen molar-refractivity contribution in [1.29, 1.82) is 5.26 Å². The Morgan fingerprint density at radius 2 is 2.25 bits per heavy atom. The minimum Gasteiger partial charge on any atom is -0.396 e. The number of aliphatic hydroxyl groups excluding tert-OH is 1. The third-order valence-corrected chi connectivity index (χ3v) is 2.93. The van der Waals surface area contributed by atoms with Crippen LogP contribution < -0.4 is 5.32 Å². The summed E-state index contributed by atoms with van der Waals surface area (Å²) in [6, 6.07) is 2.00. The van der Waals surface area contributed by atoms with E-state index < -0.39 is 5.41 Å². The molecule has 16 heavy (non-hydrogen) atoms. The zero-order valence-corrected chi connectivity index (χ0v) is 9.53. The van der Waals surface area contributed by atoms with E-state index in [1.54, 1.807) is 0 Å². The lowest BCUT2D eigenvalue weighted by Gasteiger charge is -2.30. The maximum Gasteiger partial charge on any atom is 0.240 e. The average Bonchev–Trinajstić information content (AvgIpc) is 2.30. The van der Waals surface area contributed by atoms with E-state index in [0.717, 1.165) is 0 Å². The van der Waals surface area contributed by atoms with Gasteiger partial charge in [0.15, 0.2) is 0 Å². The fourth-order valence-corrected chi connectivity index (χ4v) is 1.74. The molecule has 0 aromatic carbocycles. The van der Waals surface area contributed by atoms with Gasteiger partial charge in [-0.2, -0.15) is 5.26 Å². The number of aliphatic hydroxyl groups is 1. The molecular weight excluding hydrogens is 208 g/mol. The van der Waals surface area contributed by atoms with Crippen molar-refractivity contribution in [3.8, 4) is 6.07 Å². The van der Waals surface area contributed by atoms with E-state index in [2.05, 4.69) is 11.4 Å². The molecule has 1 saturated heterocycles. The molecule has 0 aromatic heterocycles. The molecule has 1 heterocycles. The Hall–Kier alpha value is -1.12. The van der Waals surface area contributed by atoms with Gasteiger partial charge in [-0.25, -0.2) is 0 Å². The Kier molecular flexibility index (Phi) is 4.71. The number of nitrogens with one attached hydrogen (secondary N) is 1. The molecule has 1 unspecified atom stereocenters. The minimum absolute atomic E-state index is 0.0319. The lowest BCUT2D eigenvalue weighted by Crippen LogP contribution is -2.47. The summed E-state index contributed by atoms with van der Waals surface area (Å²) in [6.07, 6.45) is 1.39. The van der Waals surface area contributed by atoms with Crippen LogP contribution in [0.4, 0.5) is 0 Å². The maximum absolute atomic E-state index is 12.0. The van der Waals surface area contributed by atoms with Gasteiger partial charge in [-0.1, -0.05) is 0 Å². The molecule has 1 aliphatic rings. The third-order valence-electron chi connectivity index (χ3n) is 2.93. The molecule has 1 atom stereocenters. The van der Waals surface area contributed by atoms with E-state index in [1.165, 1.54) is 0 Å². The molecule has 0 radical (unpaired) electrons. The first-order chi connectivity index (χ1) is 7.64. The summed E-state index contributed by atoms with van der Waals surface area (Å²) in [5.74, 6) is -0.237. The molecule has 0 saturated carbocycles. The SMILES string of the molecule is CC(CCO)NC(=O)C1(C#N)CCOCC1. The number of hydrogen-bond acceptors (Lipinski definition) is 4. The topological polar surface area (TPSA) is 82.4 Å². The number of ether oxygens (including phenoxy) is 1.